The molecule has 0 saturated heterocycles. The zero-order chi connectivity index (χ0) is 21.1. The summed E-state index contributed by atoms with van der Waals surface area (Å²) in [5.41, 5.74) is 3.26. The molecule has 0 aliphatic heterocycles. The maximum absolute atomic E-state index is 14.5. The van der Waals surface area contributed by atoms with Crippen LogP contribution in [0, 0.1) is 17.1 Å². The number of nitrogens with one attached hydrogen (secondary N) is 1. The van der Waals surface area contributed by atoms with Crippen molar-refractivity contribution in [1.29, 1.82) is 5.26 Å². The van der Waals surface area contributed by atoms with E-state index >= 15 is 0 Å². The van der Waals surface area contributed by atoms with Gasteiger partial charge in [0.05, 0.1) is 24.6 Å². The molecule has 9 heteroatoms. The quantitative estimate of drug-likeness (QED) is 0.527. The molecule has 1 aromatic carbocycles. The van der Waals surface area contributed by atoms with Gasteiger partial charge >= 0.3 is 0 Å². The second-order valence-electron chi connectivity index (χ2n) is 6.45. The molecule has 0 spiro atoms. The average Bonchev–Trinajstić information content (AvgIpc) is 3.23. The number of ether oxygens (including phenoxy) is 1. The van der Waals surface area contributed by atoms with Gasteiger partial charge in [0.15, 0.2) is 11.3 Å². The molecule has 0 fully saturated rings. The van der Waals surface area contributed by atoms with Crippen LogP contribution in [0.15, 0.2) is 42.9 Å². The van der Waals surface area contributed by atoms with Crippen molar-refractivity contribution in [3.8, 4) is 23.1 Å². The lowest BCUT2D eigenvalue weighted by Gasteiger charge is -2.15. The third-order valence-electron chi connectivity index (χ3n) is 4.78. The minimum Gasteiger partial charge on any atom is -0.496 e. The Morgan fingerprint density at radius 2 is 2.13 bits per heavy atom. The number of hydrogen-bond donors (Lipinski definition) is 1. The molecule has 30 heavy (non-hydrogen) atoms. The van der Waals surface area contributed by atoms with E-state index in [0.29, 0.717) is 40.6 Å². The van der Waals surface area contributed by atoms with Gasteiger partial charge in [0, 0.05) is 30.1 Å². The molecule has 0 radical (unpaired) electrons. The van der Waals surface area contributed by atoms with E-state index in [1.165, 1.54) is 6.07 Å². The maximum atomic E-state index is 14.5. The van der Waals surface area contributed by atoms with Gasteiger partial charge in [0.25, 0.3) is 0 Å². The number of aromatic nitrogens is 5. The Labute approximate surface area is 172 Å². The van der Waals surface area contributed by atoms with E-state index in [4.69, 9.17) is 4.74 Å². The Morgan fingerprint density at radius 3 is 2.83 bits per heavy atom. The maximum Gasteiger partial charge on any atom is 0.208 e. The summed E-state index contributed by atoms with van der Waals surface area (Å²) in [6.07, 6.45) is 5.38. The molecule has 0 unspecified atom stereocenters. The summed E-state index contributed by atoms with van der Waals surface area (Å²) in [7, 11) is 1.56. The van der Waals surface area contributed by atoms with Crippen LogP contribution in [-0.2, 0) is 13.0 Å². The largest absolute Gasteiger partial charge is 0.496 e. The first-order valence-electron chi connectivity index (χ1n) is 9.30. The molecule has 3 aromatic heterocycles. The number of halogens is 1. The van der Waals surface area contributed by atoms with Gasteiger partial charge in [-0.15, -0.1) is 0 Å². The second kappa shape index (κ2) is 8.13. The van der Waals surface area contributed by atoms with Crippen molar-refractivity contribution in [3.63, 3.8) is 0 Å². The highest BCUT2D eigenvalue weighted by Crippen LogP contribution is 2.27. The van der Waals surface area contributed by atoms with Gasteiger partial charge in [-0.25, -0.2) is 14.4 Å². The van der Waals surface area contributed by atoms with Crippen LogP contribution in [0.1, 0.15) is 23.7 Å². The number of methoxy groups -OCH3 is 1. The summed E-state index contributed by atoms with van der Waals surface area (Å²) in [6, 6.07) is 8.60. The smallest absolute Gasteiger partial charge is 0.208 e. The summed E-state index contributed by atoms with van der Waals surface area (Å²) < 4.78 is 21.5. The molecule has 4 rings (SSSR count). The van der Waals surface area contributed by atoms with Gasteiger partial charge in [0.2, 0.25) is 5.95 Å². The topological polar surface area (TPSA) is 101 Å². The normalized spacial score (nSPS) is 10.7. The van der Waals surface area contributed by atoms with Gasteiger partial charge in [-0.05, 0) is 30.7 Å². The molecular formula is C21H18FN7O. The van der Waals surface area contributed by atoms with Gasteiger partial charge < -0.3 is 10.1 Å². The summed E-state index contributed by atoms with van der Waals surface area (Å²) in [5, 5.41) is 20.5. The first-order chi connectivity index (χ1) is 14.7. The van der Waals surface area contributed by atoms with E-state index in [0.717, 1.165) is 5.56 Å². The monoisotopic (exact) mass is 403 g/mol. The Kier molecular flexibility index (Phi) is 5.22. The fourth-order valence-electron chi connectivity index (χ4n) is 3.37. The molecule has 0 bridgehead atoms. The van der Waals surface area contributed by atoms with Crippen molar-refractivity contribution in [2.45, 2.75) is 19.9 Å². The van der Waals surface area contributed by atoms with Gasteiger partial charge in [-0.1, -0.05) is 6.92 Å². The number of fused-ring (bicyclic) bond motifs is 1. The molecule has 0 aliphatic carbocycles. The van der Waals surface area contributed by atoms with Crippen LogP contribution in [0.4, 0.5) is 10.3 Å². The molecule has 0 amide bonds. The highest BCUT2D eigenvalue weighted by Gasteiger charge is 2.16. The average molecular weight is 403 g/mol. The molecule has 0 aliphatic rings. The minimum absolute atomic E-state index is 0.193. The molecule has 8 nitrogen and oxygen atoms in total. The standard InChI is InChI=1S/C21H18FN7O/c1-3-14-15(17(22)6-7-19(14)30-2)10-24-21-25-11-16(18-5-4-8-26-28-18)20-27-13(9-23)12-29(20)21/h4-8,11-12H,3,10H2,1-2H3,(H,24,25). The molecule has 3 heterocycles. The molecule has 0 atom stereocenters. The van der Waals surface area contributed by atoms with E-state index in [1.54, 1.807) is 48.3 Å². The van der Waals surface area contributed by atoms with Crippen LogP contribution in [0.3, 0.4) is 0 Å². The van der Waals surface area contributed by atoms with Crippen LogP contribution in [0.5, 0.6) is 5.75 Å². The van der Waals surface area contributed by atoms with Crippen molar-refractivity contribution in [2.24, 2.45) is 0 Å². The number of rotatable bonds is 6. The predicted octanol–water partition coefficient (Wildman–Crippen LogP) is 3.38. The van der Waals surface area contributed by atoms with Gasteiger partial charge in [-0.3, -0.25) is 4.40 Å². The van der Waals surface area contributed by atoms with Crippen molar-refractivity contribution in [2.75, 3.05) is 12.4 Å². The third kappa shape index (κ3) is 3.39. The fourth-order valence-corrected chi connectivity index (χ4v) is 3.37. The fraction of sp³-hybridized carbons (Fsp3) is 0.190. The molecule has 4 aromatic rings. The molecule has 150 valence electrons. The summed E-state index contributed by atoms with van der Waals surface area (Å²) in [4.78, 5) is 8.82. The zero-order valence-electron chi connectivity index (χ0n) is 16.4. The number of nitriles is 1. The highest BCUT2D eigenvalue weighted by molar-refractivity contribution is 5.75. The summed E-state index contributed by atoms with van der Waals surface area (Å²) in [6.45, 7) is 2.14. The predicted molar refractivity (Wildman–Crippen MR) is 108 cm³/mol. The van der Waals surface area contributed by atoms with E-state index in [1.807, 2.05) is 13.0 Å². The van der Waals surface area contributed by atoms with E-state index < -0.39 is 0 Å². The Bertz CT molecular complexity index is 1250. The van der Waals surface area contributed by atoms with Crippen LogP contribution in [0.25, 0.3) is 16.9 Å². The SMILES string of the molecule is CCc1c(OC)ccc(F)c1CNc1ncc(-c2cccnn2)c2nc(C#N)cn12. The summed E-state index contributed by atoms with van der Waals surface area (Å²) >= 11 is 0. The Balaban J connectivity index is 1.75. The molecular weight excluding hydrogens is 385 g/mol. The number of benzene rings is 1. The van der Waals surface area contributed by atoms with Gasteiger partial charge in [0.1, 0.15) is 17.6 Å². The van der Waals surface area contributed by atoms with E-state index in [-0.39, 0.29) is 18.1 Å². The summed E-state index contributed by atoms with van der Waals surface area (Å²) in [5.74, 6) is 0.744. The van der Waals surface area contributed by atoms with Crippen LogP contribution in [-0.4, -0.2) is 31.7 Å². The van der Waals surface area contributed by atoms with Crippen molar-refractivity contribution < 1.29 is 9.13 Å². The first-order valence-corrected chi connectivity index (χ1v) is 9.30. The van der Waals surface area contributed by atoms with Crippen molar-refractivity contribution >= 4 is 11.6 Å². The number of anilines is 1. The van der Waals surface area contributed by atoms with E-state index in [9.17, 15) is 9.65 Å². The van der Waals surface area contributed by atoms with Crippen LogP contribution < -0.4 is 10.1 Å². The lowest BCUT2D eigenvalue weighted by molar-refractivity contribution is 0.407. The van der Waals surface area contributed by atoms with Crippen LogP contribution >= 0.6 is 0 Å². The molecule has 0 saturated carbocycles. The number of hydrogen-bond acceptors (Lipinski definition) is 7. The third-order valence-corrected chi connectivity index (χ3v) is 4.78. The lowest BCUT2D eigenvalue weighted by Crippen LogP contribution is -2.11. The second-order valence-corrected chi connectivity index (χ2v) is 6.45. The van der Waals surface area contributed by atoms with Crippen molar-refractivity contribution in [1.82, 2.24) is 24.6 Å². The zero-order valence-corrected chi connectivity index (χ0v) is 16.4. The lowest BCUT2D eigenvalue weighted by atomic mass is 10.0. The van der Waals surface area contributed by atoms with E-state index in [2.05, 4.69) is 25.5 Å². The Hall–Kier alpha value is -4.06. The highest BCUT2D eigenvalue weighted by atomic mass is 19.1. The number of nitrogens with zero attached hydrogens (tertiary/aromatic N) is 6. The molecule has 1 N–H and O–H groups in total. The minimum atomic E-state index is -0.323. The Morgan fingerprint density at radius 1 is 1.27 bits per heavy atom. The van der Waals surface area contributed by atoms with Gasteiger partial charge in [-0.2, -0.15) is 15.5 Å². The first kappa shape index (κ1) is 19.3. The van der Waals surface area contributed by atoms with Crippen LogP contribution in [0.2, 0.25) is 0 Å². The van der Waals surface area contributed by atoms with Crippen molar-refractivity contribution in [3.05, 3.63) is 65.5 Å². The number of imidazole rings is 1.